The van der Waals surface area contributed by atoms with Crippen LogP contribution in [0, 0.1) is 0 Å². The molecule has 14 nitrogen and oxygen atoms in total. The molecule has 2 aliphatic rings. The molecule has 4 heterocycles. The van der Waals surface area contributed by atoms with Gasteiger partial charge in [0.25, 0.3) is 30.1 Å². The molecule has 2 aromatic heterocycles. The third-order valence-corrected chi connectivity index (χ3v) is 24.1. The van der Waals surface area contributed by atoms with Crippen LogP contribution in [0.5, 0.6) is 0 Å². The third-order valence-electron chi connectivity index (χ3n) is 13.2. The second-order valence-corrected chi connectivity index (χ2v) is 30.7. The summed E-state index contributed by atoms with van der Waals surface area (Å²) in [5.74, 6) is 0. The van der Waals surface area contributed by atoms with Gasteiger partial charge in [-0.2, -0.15) is 29.9 Å². The number of ether oxygens (including phenoxy) is 1. The highest BCUT2D eigenvalue weighted by Gasteiger charge is 2.41. The third kappa shape index (κ3) is 28.6. The SMILES string of the molecule is CC/C=C\C/C=C\C/C=C\C/C=C\C/C=C\C/C=C\CCC=NS(=O)(=O)c1cc2c(s1)S(=O)(=O)N(CCCOC)C[C@@H]2NCC.CC/C=C\C/C=C\C/C=C\C/C=C\C/C=C\C/C=C\CCC=NS(=O)(=O)c1cc2c(s1)S(=O)(=O)[C@@H](C)C[C@@H]2NCC. The smallest absolute Gasteiger partial charge is 0.291 e. The molecule has 0 bridgehead atoms. The normalized spacial score (nSPS) is 18.9. The summed E-state index contributed by atoms with van der Waals surface area (Å²) in [4.78, 5) is 0. The lowest BCUT2D eigenvalue weighted by Crippen LogP contribution is -2.43. The number of likely N-dealkylation sites (N-methyl/N-ethyl adjacent to an activating group) is 1. The summed E-state index contributed by atoms with van der Waals surface area (Å²) in [6.45, 7) is 12.1. The van der Waals surface area contributed by atoms with Gasteiger partial charge in [-0.1, -0.05) is 174 Å². The topological polar surface area (TPSA) is 198 Å². The summed E-state index contributed by atoms with van der Waals surface area (Å²) in [7, 11) is -13.7. The van der Waals surface area contributed by atoms with E-state index in [1.54, 1.807) is 14.0 Å². The number of sulfone groups is 1. The summed E-state index contributed by atoms with van der Waals surface area (Å²) in [5.41, 5.74) is 1.04. The number of hydrogen-bond donors (Lipinski definition) is 2. The number of thiophene rings is 2. The fourth-order valence-corrected chi connectivity index (χ4v) is 18.3. The summed E-state index contributed by atoms with van der Waals surface area (Å²) < 4.78 is 118. The van der Waals surface area contributed by atoms with Crippen molar-refractivity contribution in [2.45, 2.75) is 184 Å². The lowest BCUT2D eigenvalue weighted by atomic mass is 10.1. The van der Waals surface area contributed by atoms with Crippen molar-refractivity contribution in [3.05, 3.63) is 169 Å². The van der Waals surface area contributed by atoms with Gasteiger partial charge in [-0.05, 0) is 148 Å². The number of nitrogens with one attached hydrogen (secondary N) is 2. The minimum Gasteiger partial charge on any atom is -0.385 e. The first kappa shape index (κ1) is 75.5. The van der Waals surface area contributed by atoms with E-state index in [-0.39, 0.29) is 35.5 Å². The fraction of sp³-hybridized carbons (Fsp3) is 0.485. The first-order valence-corrected chi connectivity index (χ1v) is 37.9. The van der Waals surface area contributed by atoms with Crippen molar-refractivity contribution in [3.8, 4) is 0 Å². The van der Waals surface area contributed by atoms with Crippen LogP contribution in [0.15, 0.2) is 184 Å². The van der Waals surface area contributed by atoms with E-state index in [4.69, 9.17) is 4.74 Å². The zero-order valence-electron chi connectivity index (χ0n) is 51.6. The Morgan fingerprint density at radius 2 is 0.872 bits per heavy atom. The Labute approximate surface area is 526 Å². The summed E-state index contributed by atoms with van der Waals surface area (Å²) >= 11 is 1.59. The molecule has 0 saturated carbocycles. The van der Waals surface area contributed by atoms with Crippen LogP contribution in [0.2, 0.25) is 0 Å². The van der Waals surface area contributed by atoms with Gasteiger partial charge in [0.2, 0.25) is 0 Å². The van der Waals surface area contributed by atoms with Crippen molar-refractivity contribution in [1.29, 1.82) is 0 Å². The molecule has 3 atom stereocenters. The number of rotatable bonds is 40. The van der Waals surface area contributed by atoms with Crippen LogP contribution in [0.1, 0.15) is 173 Å². The first-order chi connectivity index (χ1) is 41.5. The number of nitrogens with zero attached hydrogens (tertiary/aromatic N) is 3. The Balaban J connectivity index is 0.000000452. The molecule has 2 N–H and O–H groups in total. The maximum absolute atomic E-state index is 13.3. The van der Waals surface area contributed by atoms with Gasteiger partial charge in [0.15, 0.2) is 9.84 Å². The largest absolute Gasteiger partial charge is 0.385 e. The van der Waals surface area contributed by atoms with Gasteiger partial charge in [0.05, 0.1) is 5.25 Å². The highest BCUT2D eigenvalue weighted by molar-refractivity contribution is 7.96. The monoisotopic (exact) mass is 1300 g/mol. The molecular formula is C66H97N5O9S6. The van der Waals surface area contributed by atoms with Crippen LogP contribution in [0.25, 0.3) is 0 Å². The quantitative estimate of drug-likeness (QED) is 0.0366. The number of allylic oxidation sites excluding steroid dienone is 24. The summed E-state index contributed by atoms with van der Waals surface area (Å²) in [6.07, 6.45) is 69.0. The molecule has 0 radical (unpaired) electrons. The molecule has 0 unspecified atom stereocenters. The van der Waals surface area contributed by atoms with Crippen LogP contribution < -0.4 is 10.6 Å². The molecule has 0 fully saturated rings. The van der Waals surface area contributed by atoms with Gasteiger partial charge in [-0.15, -0.1) is 22.7 Å². The van der Waals surface area contributed by atoms with Crippen LogP contribution in [-0.2, 0) is 44.6 Å². The predicted molar refractivity (Wildman–Crippen MR) is 364 cm³/mol. The predicted octanol–water partition coefficient (Wildman–Crippen LogP) is 15.9. The molecule has 2 aliphatic heterocycles. The van der Waals surface area contributed by atoms with E-state index in [1.165, 1.54) is 28.9 Å². The van der Waals surface area contributed by atoms with Crippen molar-refractivity contribution in [3.63, 3.8) is 0 Å². The summed E-state index contributed by atoms with van der Waals surface area (Å²) in [5, 5.41) is 6.00. The Morgan fingerprint density at radius 1 is 0.523 bits per heavy atom. The van der Waals surface area contributed by atoms with Crippen LogP contribution in [0.3, 0.4) is 0 Å². The second-order valence-electron chi connectivity index (χ2n) is 20.1. The van der Waals surface area contributed by atoms with E-state index >= 15 is 0 Å². The molecule has 4 rings (SSSR count). The molecule has 0 amide bonds. The van der Waals surface area contributed by atoms with Gasteiger partial charge in [0, 0.05) is 62.4 Å². The van der Waals surface area contributed by atoms with Crippen molar-refractivity contribution in [1.82, 2.24) is 14.9 Å². The van der Waals surface area contributed by atoms with Crippen molar-refractivity contribution in [2.24, 2.45) is 8.80 Å². The first-order valence-electron chi connectivity index (χ1n) is 30.4. The van der Waals surface area contributed by atoms with Crippen molar-refractivity contribution < 1.29 is 38.4 Å². The standard InChI is InChI=1S/C34H51N3O5S3.C32H46N2O4S3/c1-4-6-7-8-9-10-11-12-13-14-15-16-17-18-19-20-21-22-23-24-26-36-44(38,39)33-29-31-32(35-5-2)30-37(27-25-28-42-3)45(40,41)34(31)43-33;1-4-6-7-8-9-10-11-12-13-14-15-16-17-18-19-20-21-22-23-24-25-34-41(37,38)31-27-29-30(33-5-2)26-28(3)40(35,36)32(29)39-31/h6-7,9-10,12-13,15-16,18-19,21-22,26,29,32,35H,4-5,8,11,14,17,20,23-25,27-28,30H2,1-3H3;6-7,9-10,12-13,15-16,18-19,21-22,25,27-28,30,33H,4-5,8,11,14,17,20,23-24,26H2,1-3H3/b7-6-,10-9-,13-12-,16-15-,19-18-,22-21-,36-26?;7-6-,10-9-,13-12-,16-15-,19-18-,22-21-,34-25?/t32-;28-,30-/m00/s1. The Hall–Kier alpha value is -4.74. The number of methoxy groups -OCH3 is 1. The van der Waals surface area contributed by atoms with Gasteiger partial charge in [-0.3, -0.25) is 0 Å². The average molecular weight is 1300 g/mol. The number of fused-ring (bicyclic) bond motifs is 2. The number of sulfonamides is 3. The fourth-order valence-electron chi connectivity index (χ4n) is 8.66. The van der Waals surface area contributed by atoms with E-state index in [2.05, 4.69) is 161 Å². The van der Waals surface area contributed by atoms with Crippen LogP contribution in [-0.4, -0.2) is 95.6 Å². The summed E-state index contributed by atoms with van der Waals surface area (Å²) in [6, 6.07) is 2.49. The van der Waals surface area contributed by atoms with Crippen molar-refractivity contribution >= 4 is 75.0 Å². The number of unbranched alkanes of at least 4 members (excludes halogenated alkanes) is 2. The number of hydrogen-bond acceptors (Lipinski definition) is 13. The van der Waals surface area contributed by atoms with Crippen LogP contribution in [0.4, 0.5) is 0 Å². The molecule has 0 saturated heterocycles. The van der Waals surface area contributed by atoms with E-state index in [0.29, 0.717) is 75.9 Å². The maximum atomic E-state index is 13.3. The molecule has 0 aliphatic carbocycles. The Kier molecular flexibility index (Phi) is 38.5. The van der Waals surface area contributed by atoms with Gasteiger partial charge < -0.3 is 15.4 Å². The highest BCUT2D eigenvalue weighted by Crippen LogP contribution is 2.44. The lowest BCUT2D eigenvalue weighted by Gasteiger charge is -2.32. The molecule has 86 heavy (non-hydrogen) atoms. The minimum atomic E-state index is -4.00. The molecule has 20 heteroatoms. The van der Waals surface area contributed by atoms with Gasteiger partial charge in [-0.25, -0.2) is 16.8 Å². The molecule has 0 spiro atoms. The van der Waals surface area contributed by atoms with Crippen molar-refractivity contribution in [2.75, 3.05) is 39.9 Å². The zero-order chi connectivity index (χ0) is 62.8. The lowest BCUT2D eigenvalue weighted by molar-refractivity contribution is 0.185. The highest BCUT2D eigenvalue weighted by atomic mass is 32.3. The molecule has 476 valence electrons. The molecular weight excluding hydrogens is 1200 g/mol. The minimum absolute atomic E-state index is 0.0201. The zero-order valence-corrected chi connectivity index (χ0v) is 56.5. The van der Waals surface area contributed by atoms with Crippen LogP contribution >= 0.6 is 22.7 Å². The Morgan fingerprint density at radius 3 is 1.24 bits per heavy atom. The average Bonchev–Trinajstić information content (AvgIpc) is 1.63. The molecule has 0 aromatic carbocycles. The van der Waals surface area contributed by atoms with E-state index < -0.39 is 45.2 Å². The molecule has 2 aromatic rings. The van der Waals surface area contributed by atoms with E-state index in [9.17, 15) is 33.7 Å². The second kappa shape index (κ2) is 43.8. The van der Waals surface area contributed by atoms with Gasteiger partial charge in [0.1, 0.15) is 16.8 Å². The Bertz CT molecular complexity index is 3190. The van der Waals surface area contributed by atoms with Gasteiger partial charge >= 0.3 is 0 Å². The van der Waals surface area contributed by atoms with E-state index in [1.807, 2.05) is 32.1 Å². The van der Waals surface area contributed by atoms with E-state index in [0.717, 1.165) is 99.7 Å². The maximum Gasteiger partial charge on any atom is 0.291 e.